The molecule has 3 heteroatoms. The van der Waals surface area contributed by atoms with Crippen molar-refractivity contribution in [2.45, 2.75) is 13.0 Å². The van der Waals surface area contributed by atoms with Gasteiger partial charge in [-0.3, -0.25) is 9.48 Å². The Morgan fingerprint density at radius 2 is 2.55 bits per heavy atom. The first kappa shape index (κ1) is 7.55. The van der Waals surface area contributed by atoms with Crippen LogP contribution in [0.5, 0.6) is 0 Å². The Hall–Kier alpha value is -1.56. The Labute approximate surface area is 65.0 Å². The molecule has 0 bridgehead atoms. The SMILES string of the molecule is C#CCC(=O)Cn1cccn1. The first-order valence-electron chi connectivity index (χ1n) is 3.25. The summed E-state index contributed by atoms with van der Waals surface area (Å²) in [7, 11) is 0. The van der Waals surface area contributed by atoms with Crippen LogP contribution in [0.3, 0.4) is 0 Å². The molecule has 1 aromatic heterocycles. The monoisotopic (exact) mass is 148 g/mol. The molecule has 0 spiro atoms. The van der Waals surface area contributed by atoms with Crippen molar-refractivity contribution >= 4 is 5.78 Å². The molecular formula is C8H8N2O. The number of rotatable bonds is 3. The molecule has 0 unspecified atom stereocenters. The summed E-state index contributed by atoms with van der Waals surface area (Å²) >= 11 is 0. The van der Waals surface area contributed by atoms with Gasteiger partial charge < -0.3 is 0 Å². The van der Waals surface area contributed by atoms with Crippen LogP contribution in [-0.2, 0) is 11.3 Å². The van der Waals surface area contributed by atoms with Crippen LogP contribution in [0.15, 0.2) is 18.5 Å². The van der Waals surface area contributed by atoms with E-state index in [2.05, 4.69) is 11.0 Å². The third kappa shape index (κ3) is 2.26. The van der Waals surface area contributed by atoms with Gasteiger partial charge in [0.05, 0.1) is 6.42 Å². The van der Waals surface area contributed by atoms with Gasteiger partial charge in [0.25, 0.3) is 0 Å². The Kier molecular flexibility index (Phi) is 2.45. The average molecular weight is 148 g/mol. The minimum absolute atomic E-state index is 0.0104. The fourth-order valence-electron chi connectivity index (χ4n) is 0.744. The van der Waals surface area contributed by atoms with E-state index in [0.717, 1.165) is 0 Å². The molecule has 0 aliphatic carbocycles. The largest absolute Gasteiger partial charge is 0.297 e. The first-order chi connectivity index (χ1) is 5.33. The first-order valence-corrected chi connectivity index (χ1v) is 3.25. The summed E-state index contributed by atoms with van der Waals surface area (Å²) in [5.41, 5.74) is 0. The molecule has 0 saturated carbocycles. The second kappa shape index (κ2) is 3.57. The molecular weight excluding hydrogens is 140 g/mol. The summed E-state index contributed by atoms with van der Waals surface area (Å²) in [6.07, 6.45) is 8.50. The van der Waals surface area contributed by atoms with Gasteiger partial charge in [0.15, 0.2) is 5.78 Å². The van der Waals surface area contributed by atoms with Crippen LogP contribution in [-0.4, -0.2) is 15.6 Å². The maximum absolute atomic E-state index is 10.9. The molecule has 0 radical (unpaired) electrons. The van der Waals surface area contributed by atoms with Crippen molar-refractivity contribution in [2.75, 3.05) is 0 Å². The summed E-state index contributed by atoms with van der Waals surface area (Å²) < 4.78 is 1.56. The number of nitrogens with zero attached hydrogens (tertiary/aromatic N) is 2. The van der Waals surface area contributed by atoms with E-state index in [9.17, 15) is 4.79 Å². The molecule has 0 saturated heterocycles. The van der Waals surface area contributed by atoms with Gasteiger partial charge >= 0.3 is 0 Å². The van der Waals surface area contributed by atoms with E-state index in [1.54, 1.807) is 23.1 Å². The quantitative estimate of drug-likeness (QED) is 0.584. The fourth-order valence-corrected chi connectivity index (χ4v) is 0.744. The van der Waals surface area contributed by atoms with Gasteiger partial charge in [-0.15, -0.1) is 6.42 Å². The van der Waals surface area contributed by atoms with Crippen LogP contribution < -0.4 is 0 Å². The van der Waals surface area contributed by atoms with Crippen molar-refractivity contribution in [1.29, 1.82) is 0 Å². The second-order valence-corrected chi connectivity index (χ2v) is 2.12. The molecule has 0 N–H and O–H groups in total. The van der Waals surface area contributed by atoms with Crippen molar-refractivity contribution in [3.8, 4) is 12.3 Å². The average Bonchev–Trinajstić information content (AvgIpc) is 2.40. The Bertz CT molecular complexity index is 269. The van der Waals surface area contributed by atoms with E-state index < -0.39 is 0 Å². The lowest BCUT2D eigenvalue weighted by Crippen LogP contribution is -2.09. The molecule has 0 aliphatic rings. The molecule has 0 amide bonds. The molecule has 1 aromatic rings. The lowest BCUT2D eigenvalue weighted by atomic mass is 10.3. The van der Waals surface area contributed by atoms with Crippen molar-refractivity contribution in [1.82, 2.24) is 9.78 Å². The normalized spacial score (nSPS) is 9.00. The molecule has 56 valence electrons. The molecule has 0 aromatic carbocycles. The van der Waals surface area contributed by atoms with Gasteiger partial charge in [-0.05, 0) is 6.07 Å². The minimum Gasteiger partial charge on any atom is -0.297 e. The number of carbonyl (C=O) groups is 1. The molecule has 1 rings (SSSR count). The van der Waals surface area contributed by atoms with Gasteiger partial charge in [-0.2, -0.15) is 5.10 Å². The maximum atomic E-state index is 10.9. The Morgan fingerprint density at radius 3 is 3.09 bits per heavy atom. The number of aromatic nitrogens is 2. The van der Waals surface area contributed by atoms with Crippen LogP contribution in [0.4, 0.5) is 0 Å². The van der Waals surface area contributed by atoms with E-state index in [-0.39, 0.29) is 18.7 Å². The summed E-state index contributed by atoms with van der Waals surface area (Å²) in [6.45, 7) is 0.275. The molecule has 0 atom stereocenters. The third-order valence-corrected chi connectivity index (χ3v) is 1.20. The number of terminal acetylenes is 1. The predicted molar refractivity (Wildman–Crippen MR) is 40.7 cm³/mol. The van der Waals surface area contributed by atoms with Crippen LogP contribution in [0.2, 0.25) is 0 Å². The summed E-state index contributed by atoms with van der Waals surface area (Å²) in [5, 5.41) is 3.87. The zero-order valence-corrected chi connectivity index (χ0v) is 6.03. The van der Waals surface area contributed by atoms with Crippen LogP contribution in [0.25, 0.3) is 0 Å². The summed E-state index contributed by atoms with van der Waals surface area (Å²) in [6, 6.07) is 1.77. The van der Waals surface area contributed by atoms with E-state index >= 15 is 0 Å². The predicted octanol–water partition coefficient (Wildman–Crippen LogP) is 0.475. The molecule has 3 nitrogen and oxygen atoms in total. The highest BCUT2D eigenvalue weighted by Crippen LogP contribution is 1.88. The highest BCUT2D eigenvalue weighted by Gasteiger charge is 1.99. The smallest absolute Gasteiger partial charge is 0.166 e. The zero-order valence-electron chi connectivity index (χ0n) is 6.03. The van der Waals surface area contributed by atoms with Crippen LogP contribution >= 0.6 is 0 Å². The van der Waals surface area contributed by atoms with Crippen LogP contribution in [0, 0.1) is 12.3 Å². The highest BCUT2D eigenvalue weighted by atomic mass is 16.1. The van der Waals surface area contributed by atoms with Gasteiger partial charge in [-0.1, -0.05) is 5.92 Å². The summed E-state index contributed by atoms with van der Waals surface area (Å²) in [4.78, 5) is 10.9. The highest BCUT2D eigenvalue weighted by molar-refractivity contribution is 5.80. The Balaban J connectivity index is 2.45. The topological polar surface area (TPSA) is 34.9 Å². The van der Waals surface area contributed by atoms with E-state index in [4.69, 9.17) is 6.42 Å². The Morgan fingerprint density at radius 1 is 1.73 bits per heavy atom. The second-order valence-electron chi connectivity index (χ2n) is 2.12. The summed E-state index contributed by atoms with van der Waals surface area (Å²) in [5.74, 6) is 2.30. The molecule has 1 heterocycles. The number of hydrogen-bond donors (Lipinski definition) is 0. The van der Waals surface area contributed by atoms with E-state index in [0.29, 0.717) is 0 Å². The van der Waals surface area contributed by atoms with E-state index in [1.807, 2.05) is 0 Å². The molecule has 0 aliphatic heterocycles. The molecule has 0 fully saturated rings. The van der Waals surface area contributed by atoms with Gasteiger partial charge in [-0.25, -0.2) is 0 Å². The third-order valence-electron chi connectivity index (χ3n) is 1.20. The lowest BCUT2D eigenvalue weighted by molar-refractivity contribution is -0.118. The standard InChI is InChI=1S/C8H8N2O/c1-2-4-8(11)7-10-6-3-5-9-10/h1,3,5-6H,4,7H2. The van der Waals surface area contributed by atoms with Crippen LogP contribution in [0.1, 0.15) is 6.42 Å². The van der Waals surface area contributed by atoms with Gasteiger partial charge in [0.1, 0.15) is 6.54 Å². The zero-order chi connectivity index (χ0) is 8.10. The number of hydrogen-bond acceptors (Lipinski definition) is 2. The van der Waals surface area contributed by atoms with Crippen molar-refractivity contribution in [3.05, 3.63) is 18.5 Å². The lowest BCUT2D eigenvalue weighted by Gasteiger charge is -1.95. The minimum atomic E-state index is 0.0104. The molecule has 11 heavy (non-hydrogen) atoms. The number of ketones is 1. The van der Waals surface area contributed by atoms with Gasteiger partial charge in [0, 0.05) is 12.4 Å². The van der Waals surface area contributed by atoms with E-state index in [1.165, 1.54) is 0 Å². The maximum Gasteiger partial charge on any atom is 0.166 e. The van der Waals surface area contributed by atoms with Crippen molar-refractivity contribution in [3.63, 3.8) is 0 Å². The number of carbonyl (C=O) groups excluding carboxylic acids is 1. The van der Waals surface area contributed by atoms with Crippen molar-refractivity contribution in [2.24, 2.45) is 0 Å². The fraction of sp³-hybridized carbons (Fsp3) is 0.250. The van der Waals surface area contributed by atoms with Crippen molar-refractivity contribution < 1.29 is 4.79 Å². The van der Waals surface area contributed by atoms with Gasteiger partial charge in [0.2, 0.25) is 0 Å². The number of Topliss-reactive ketones (excluding diaryl/α,β-unsaturated/α-hetero) is 1.